The first-order valence-corrected chi connectivity index (χ1v) is 8.09. The molecule has 24 heavy (non-hydrogen) atoms. The fourth-order valence-corrected chi connectivity index (χ4v) is 2.66. The predicted octanol–water partition coefficient (Wildman–Crippen LogP) is 2.39. The lowest BCUT2D eigenvalue weighted by atomic mass is 10.1. The number of nitrogens with zero attached hydrogens (tertiary/aromatic N) is 2. The minimum absolute atomic E-state index is 0.138. The molecule has 0 bridgehead atoms. The number of fused-ring (bicyclic) bond motifs is 1. The lowest BCUT2D eigenvalue weighted by molar-refractivity contribution is 0.0943. The Morgan fingerprint density at radius 1 is 1.17 bits per heavy atom. The third-order valence-corrected chi connectivity index (χ3v) is 4.11. The SMILES string of the molecule is CNC(=O)c1ccc(CNC(=O)c2ncn3ccc(Br)cc23)cc1. The third kappa shape index (κ3) is 3.30. The van der Waals surface area contributed by atoms with Crippen LogP contribution in [-0.4, -0.2) is 28.2 Å². The van der Waals surface area contributed by atoms with Crippen LogP contribution in [0.3, 0.4) is 0 Å². The van der Waals surface area contributed by atoms with Crippen molar-refractivity contribution in [3.63, 3.8) is 0 Å². The van der Waals surface area contributed by atoms with Gasteiger partial charge in [0.25, 0.3) is 11.8 Å². The molecule has 1 aromatic carbocycles. The zero-order chi connectivity index (χ0) is 17.1. The molecule has 0 radical (unpaired) electrons. The Morgan fingerprint density at radius 2 is 1.92 bits per heavy atom. The van der Waals surface area contributed by atoms with Gasteiger partial charge in [0.1, 0.15) is 6.33 Å². The fourth-order valence-electron chi connectivity index (χ4n) is 2.32. The molecule has 0 unspecified atom stereocenters. The van der Waals surface area contributed by atoms with E-state index in [1.165, 1.54) is 0 Å². The highest BCUT2D eigenvalue weighted by molar-refractivity contribution is 9.10. The summed E-state index contributed by atoms with van der Waals surface area (Å²) in [6, 6.07) is 10.8. The Kier molecular flexibility index (Phi) is 4.61. The number of imidazole rings is 1. The Morgan fingerprint density at radius 3 is 2.62 bits per heavy atom. The average Bonchev–Trinajstić information content (AvgIpc) is 3.02. The van der Waals surface area contributed by atoms with E-state index in [2.05, 4.69) is 31.5 Å². The number of amides is 2. The molecule has 0 aliphatic heterocycles. The lowest BCUT2D eigenvalue weighted by Crippen LogP contribution is -2.23. The quantitative estimate of drug-likeness (QED) is 0.722. The molecular formula is C17H15BrN4O2. The summed E-state index contributed by atoms with van der Waals surface area (Å²) in [7, 11) is 1.59. The first kappa shape index (κ1) is 16.2. The molecule has 0 fully saturated rings. The van der Waals surface area contributed by atoms with E-state index < -0.39 is 0 Å². The summed E-state index contributed by atoms with van der Waals surface area (Å²) in [5, 5.41) is 5.41. The smallest absolute Gasteiger partial charge is 0.272 e. The molecule has 0 aliphatic rings. The van der Waals surface area contributed by atoms with Crippen molar-refractivity contribution < 1.29 is 9.59 Å². The largest absolute Gasteiger partial charge is 0.355 e. The van der Waals surface area contributed by atoms with Gasteiger partial charge >= 0.3 is 0 Å². The molecule has 122 valence electrons. The summed E-state index contributed by atoms with van der Waals surface area (Å²) >= 11 is 3.39. The monoisotopic (exact) mass is 386 g/mol. The molecule has 0 atom stereocenters. The van der Waals surface area contributed by atoms with Crippen molar-refractivity contribution in [1.29, 1.82) is 0 Å². The van der Waals surface area contributed by atoms with E-state index in [0.717, 1.165) is 15.6 Å². The van der Waals surface area contributed by atoms with E-state index in [0.29, 0.717) is 17.8 Å². The number of pyridine rings is 1. The van der Waals surface area contributed by atoms with Gasteiger partial charge in [0.15, 0.2) is 5.69 Å². The number of nitrogens with one attached hydrogen (secondary N) is 2. The molecule has 0 spiro atoms. The van der Waals surface area contributed by atoms with Crippen molar-refractivity contribution in [1.82, 2.24) is 20.0 Å². The van der Waals surface area contributed by atoms with Crippen LogP contribution in [0.4, 0.5) is 0 Å². The van der Waals surface area contributed by atoms with Crippen molar-refractivity contribution in [2.75, 3.05) is 7.05 Å². The average molecular weight is 387 g/mol. The number of carbonyl (C=O) groups is 2. The van der Waals surface area contributed by atoms with Gasteiger partial charge in [0.2, 0.25) is 0 Å². The number of hydrogen-bond donors (Lipinski definition) is 2. The lowest BCUT2D eigenvalue weighted by Gasteiger charge is -2.06. The van der Waals surface area contributed by atoms with Gasteiger partial charge in [0.05, 0.1) is 5.52 Å². The van der Waals surface area contributed by atoms with Gasteiger partial charge in [-0.25, -0.2) is 4.98 Å². The second-order valence-corrected chi connectivity index (χ2v) is 6.11. The topological polar surface area (TPSA) is 75.5 Å². The molecule has 2 amide bonds. The Labute approximate surface area is 147 Å². The maximum absolute atomic E-state index is 12.4. The van der Waals surface area contributed by atoms with Crippen LogP contribution < -0.4 is 10.6 Å². The molecule has 0 aliphatic carbocycles. The highest BCUT2D eigenvalue weighted by Crippen LogP contribution is 2.16. The molecule has 2 aromatic heterocycles. The summed E-state index contributed by atoms with van der Waals surface area (Å²) in [6.07, 6.45) is 3.44. The maximum Gasteiger partial charge on any atom is 0.272 e. The molecular weight excluding hydrogens is 372 g/mol. The van der Waals surface area contributed by atoms with Gasteiger partial charge in [-0.3, -0.25) is 9.59 Å². The first-order valence-electron chi connectivity index (χ1n) is 7.30. The van der Waals surface area contributed by atoms with Crippen molar-refractivity contribution in [3.05, 3.63) is 70.2 Å². The Hall–Kier alpha value is -2.67. The van der Waals surface area contributed by atoms with Crippen LogP contribution in [0.1, 0.15) is 26.4 Å². The summed E-state index contributed by atoms with van der Waals surface area (Å²) < 4.78 is 2.67. The molecule has 6 nitrogen and oxygen atoms in total. The summed E-state index contributed by atoms with van der Waals surface area (Å²) in [6.45, 7) is 0.361. The zero-order valence-electron chi connectivity index (χ0n) is 12.9. The highest BCUT2D eigenvalue weighted by Gasteiger charge is 2.13. The van der Waals surface area contributed by atoms with Crippen LogP contribution in [-0.2, 0) is 6.54 Å². The number of hydrogen-bond acceptors (Lipinski definition) is 3. The normalized spacial score (nSPS) is 10.6. The first-order chi connectivity index (χ1) is 11.6. The molecule has 2 heterocycles. The second kappa shape index (κ2) is 6.84. The standard InChI is InChI=1S/C17H15BrN4O2/c1-19-16(23)12-4-2-11(3-5-12)9-20-17(24)15-14-8-13(18)6-7-22(14)10-21-15/h2-8,10H,9H2,1H3,(H,19,23)(H,20,24). The predicted molar refractivity (Wildman–Crippen MR) is 93.9 cm³/mol. The minimum atomic E-state index is -0.244. The third-order valence-electron chi connectivity index (χ3n) is 3.61. The van der Waals surface area contributed by atoms with Crippen molar-refractivity contribution >= 4 is 33.3 Å². The number of benzene rings is 1. The molecule has 2 N–H and O–H groups in total. The van der Waals surface area contributed by atoms with E-state index in [1.807, 2.05) is 30.5 Å². The van der Waals surface area contributed by atoms with Gasteiger partial charge in [-0.1, -0.05) is 28.1 Å². The molecule has 7 heteroatoms. The van der Waals surface area contributed by atoms with Gasteiger partial charge in [-0.05, 0) is 29.8 Å². The Balaban J connectivity index is 1.70. The van der Waals surface area contributed by atoms with Gasteiger partial charge in [-0.2, -0.15) is 0 Å². The summed E-state index contributed by atoms with van der Waals surface area (Å²) in [5.74, 6) is -0.383. The van der Waals surface area contributed by atoms with Crippen LogP contribution >= 0.6 is 15.9 Å². The Bertz CT molecular complexity index is 903. The van der Waals surface area contributed by atoms with Crippen molar-refractivity contribution in [2.45, 2.75) is 6.54 Å². The number of aromatic nitrogens is 2. The van der Waals surface area contributed by atoms with Gasteiger partial charge < -0.3 is 15.0 Å². The van der Waals surface area contributed by atoms with E-state index in [9.17, 15) is 9.59 Å². The molecule has 0 saturated heterocycles. The van der Waals surface area contributed by atoms with Crippen LogP contribution in [0.2, 0.25) is 0 Å². The zero-order valence-corrected chi connectivity index (χ0v) is 14.5. The van der Waals surface area contributed by atoms with E-state index in [4.69, 9.17) is 0 Å². The van der Waals surface area contributed by atoms with E-state index in [-0.39, 0.29) is 11.8 Å². The van der Waals surface area contributed by atoms with Crippen molar-refractivity contribution in [3.8, 4) is 0 Å². The fraction of sp³-hybridized carbons (Fsp3) is 0.118. The second-order valence-electron chi connectivity index (χ2n) is 5.19. The minimum Gasteiger partial charge on any atom is -0.355 e. The van der Waals surface area contributed by atoms with Crippen LogP contribution in [0.25, 0.3) is 5.52 Å². The molecule has 3 aromatic rings. The molecule has 3 rings (SSSR count). The molecule has 0 saturated carbocycles. The summed E-state index contributed by atoms with van der Waals surface area (Å²) in [5.41, 5.74) is 2.59. The van der Waals surface area contributed by atoms with Crippen molar-refractivity contribution in [2.24, 2.45) is 0 Å². The van der Waals surface area contributed by atoms with Gasteiger partial charge in [-0.15, -0.1) is 0 Å². The number of rotatable bonds is 4. The van der Waals surface area contributed by atoms with Crippen LogP contribution in [0.5, 0.6) is 0 Å². The summed E-state index contributed by atoms with van der Waals surface area (Å²) in [4.78, 5) is 28.0. The maximum atomic E-state index is 12.4. The number of halogens is 1. The highest BCUT2D eigenvalue weighted by atomic mass is 79.9. The van der Waals surface area contributed by atoms with E-state index in [1.54, 1.807) is 29.9 Å². The van der Waals surface area contributed by atoms with Crippen LogP contribution in [0, 0.1) is 0 Å². The van der Waals surface area contributed by atoms with Gasteiger partial charge in [0, 0.05) is 29.8 Å². The van der Waals surface area contributed by atoms with E-state index >= 15 is 0 Å². The van der Waals surface area contributed by atoms with Crippen LogP contribution in [0.15, 0.2) is 53.4 Å². The number of carbonyl (C=O) groups excluding carboxylic acids is 2.